The summed E-state index contributed by atoms with van der Waals surface area (Å²) in [6.45, 7) is 1.14. The Labute approximate surface area is 179 Å². The van der Waals surface area contributed by atoms with Gasteiger partial charge in [0.1, 0.15) is 12.4 Å². The van der Waals surface area contributed by atoms with E-state index in [1.54, 1.807) is 29.6 Å². The molecule has 1 amide bonds. The predicted molar refractivity (Wildman–Crippen MR) is 108 cm³/mol. The van der Waals surface area contributed by atoms with Crippen LogP contribution in [0.4, 0.5) is 19.6 Å². The second-order valence-electron chi connectivity index (χ2n) is 5.97. The van der Waals surface area contributed by atoms with Crippen molar-refractivity contribution >= 4 is 45.6 Å². The van der Waals surface area contributed by atoms with E-state index in [0.29, 0.717) is 34.4 Å². The maximum atomic E-state index is 13.4. The molecule has 0 atom stereocenters. The molecule has 2 aromatic carbocycles. The van der Waals surface area contributed by atoms with Crippen molar-refractivity contribution < 1.29 is 27.8 Å². The minimum Gasteiger partial charge on any atom is -0.495 e. The molecule has 3 rings (SSSR count). The normalized spacial score (nSPS) is 10.6. The Balaban J connectivity index is 1.78. The Hall–Kier alpha value is -3.04. The van der Waals surface area contributed by atoms with Crippen molar-refractivity contribution in [3.05, 3.63) is 69.7 Å². The van der Waals surface area contributed by atoms with Gasteiger partial charge in [-0.3, -0.25) is 9.69 Å². The standard InChI is InChI=1S/C20H15ClF2N2O4S/c1-11(26)25(17-5-3-4-6-18(17)28-2)20-24-12(10-30-20)9-29-19(27)13-7-15(22)16(23)8-14(13)21/h3-8,10H,9H2,1-2H3. The van der Waals surface area contributed by atoms with E-state index in [2.05, 4.69) is 4.98 Å². The van der Waals surface area contributed by atoms with E-state index in [1.165, 1.54) is 30.3 Å². The molecule has 0 saturated heterocycles. The van der Waals surface area contributed by atoms with Gasteiger partial charge in [-0.15, -0.1) is 11.3 Å². The van der Waals surface area contributed by atoms with Crippen LogP contribution < -0.4 is 9.64 Å². The Morgan fingerprint density at radius 1 is 1.20 bits per heavy atom. The maximum absolute atomic E-state index is 13.4. The number of esters is 1. The third kappa shape index (κ3) is 4.58. The lowest BCUT2D eigenvalue weighted by molar-refractivity contribution is -0.115. The first kappa shape index (κ1) is 21.7. The fourth-order valence-corrected chi connectivity index (χ4v) is 3.68. The highest BCUT2D eigenvalue weighted by atomic mass is 35.5. The van der Waals surface area contributed by atoms with E-state index in [4.69, 9.17) is 21.1 Å². The summed E-state index contributed by atoms with van der Waals surface area (Å²) >= 11 is 6.94. The second-order valence-corrected chi connectivity index (χ2v) is 7.21. The lowest BCUT2D eigenvalue weighted by Gasteiger charge is -2.20. The first-order valence-corrected chi connectivity index (χ1v) is 9.77. The smallest absolute Gasteiger partial charge is 0.340 e. The number of methoxy groups -OCH3 is 1. The maximum Gasteiger partial charge on any atom is 0.340 e. The Bertz CT molecular complexity index is 1110. The molecule has 0 N–H and O–H groups in total. The molecular weight excluding hydrogens is 438 g/mol. The highest BCUT2D eigenvalue weighted by molar-refractivity contribution is 7.14. The molecule has 0 aliphatic rings. The fraction of sp³-hybridized carbons (Fsp3) is 0.150. The van der Waals surface area contributed by atoms with Crippen LogP contribution in [0.5, 0.6) is 5.75 Å². The summed E-state index contributed by atoms with van der Waals surface area (Å²) in [5, 5.41) is 1.70. The van der Waals surface area contributed by atoms with Crippen molar-refractivity contribution in [1.29, 1.82) is 0 Å². The monoisotopic (exact) mass is 452 g/mol. The average Bonchev–Trinajstić information content (AvgIpc) is 3.17. The number of ether oxygens (including phenoxy) is 2. The second kappa shape index (κ2) is 9.19. The number of halogens is 3. The minimum absolute atomic E-state index is 0.248. The van der Waals surface area contributed by atoms with Crippen LogP contribution in [-0.4, -0.2) is 24.0 Å². The number of aromatic nitrogens is 1. The van der Waals surface area contributed by atoms with Crippen molar-refractivity contribution in [2.45, 2.75) is 13.5 Å². The molecule has 0 aliphatic heterocycles. The Kier molecular flexibility index (Phi) is 6.63. The number of hydrogen-bond acceptors (Lipinski definition) is 6. The van der Waals surface area contributed by atoms with Gasteiger partial charge in [-0.1, -0.05) is 23.7 Å². The van der Waals surface area contributed by atoms with Gasteiger partial charge < -0.3 is 9.47 Å². The quantitative estimate of drug-likeness (QED) is 0.383. The molecule has 30 heavy (non-hydrogen) atoms. The summed E-state index contributed by atoms with van der Waals surface area (Å²) in [6.07, 6.45) is 0. The molecule has 0 aliphatic carbocycles. The van der Waals surface area contributed by atoms with E-state index < -0.39 is 17.6 Å². The highest BCUT2D eigenvalue weighted by Gasteiger charge is 2.22. The van der Waals surface area contributed by atoms with Crippen LogP contribution in [-0.2, 0) is 16.1 Å². The topological polar surface area (TPSA) is 68.7 Å². The number of anilines is 2. The Morgan fingerprint density at radius 3 is 2.60 bits per heavy atom. The summed E-state index contributed by atoms with van der Waals surface area (Å²) in [4.78, 5) is 30.1. The van der Waals surface area contributed by atoms with Crippen molar-refractivity contribution in [3.8, 4) is 5.75 Å². The van der Waals surface area contributed by atoms with Gasteiger partial charge in [0, 0.05) is 12.3 Å². The number of benzene rings is 2. The van der Waals surface area contributed by atoms with Crippen molar-refractivity contribution in [1.82, 2.24) is 4.98 Å². The first-order chi connectivity index (χ1) is 14.3. The third-order valence-electron chi connectivity index (χ3n) is 3.95. The first-order valence-electron chi connectivity index (χ1n) is 8.51. The van der Waals surface area contributed by atoms with Crippen LogP contribution >= 0.6 is 22.9 Å². The molecule has 0 spiro atoms. The van der Waals surface area contributed by atoms with Gasteiger partial charge in [-0.05, 0) is 24.3 Å². The number of thiazole rings is 1. The molecule has 6 nitrogen and oxygen atoms in total. The van der Waals surface area contributed by atoms with Crippen LogP contribution in [0.15, 0.2) is 41.8 Å². The SMILES string of the molecule is COc1ccccc1N(C(C)=O)c1nc(COC(=O)c2cc(F)c(F)cc2Cl)cs1. The van der Waals surface area contributed by atoms with E-state index >= 15 is 0 Å². The van der Waals surface area contributed by atoms with Crippen molar-refractivity contribution in [2.75, 3.05) is 12.0 Å². The van der Waals surface area contributed by atoms with Crippen LogP contribution in [0, 0.1) is 11.6 Å². The largest absolute Gasteiger partial charge is 0.495 e. The zero-order chi connectivity index (χ0) is 21.8. The van der Waals surface area contributed by atoms with Gasteiger partial charge in [-0.2, -0.15) is 0 Å². The van der Waals surface area contributed by atoms with Gasteiger partial charge >= 0.3 is 5.97 Å². The number of hydrogen-bond donors (Lipinski definition) is 0. The summed E-state index contributed by atoms with van der Waals surface area (Å²) in [5.74, 6) is -3.10. The van der Waals surface area contributed by atoms with Gasteiger partial charge in [0.15, 0.2) is 16.8 Å². The molecule has 3 aromatic rings. The zero-order valence-corrected chi connectivity index (χ0v) is 17.4. The van der Waals surface area contributed by atoms with E-state index in [9.17, 15) is 18.4 Å². The number of nitrogens with zero attached hydrogens (tertiary/aromatic N) is 2. The summed E-state index contributed by atoms with van der Waals surface area (Å²) < 4.78 is 36.9. The number of carbonyl (C=O) groups is 2. The fourth-order valence-electron chi connectivity index (χ4n) is 2.58. The zero-order valence-electron chi connectivity index (χ0n) is 15.8. The molecule has 0 bridgehead atoms. The number of amides is 1. The third-order valence-corrected chi connectivity index (χ3v) is 5.14. The van der Waals surface area contributed by atoms with Crippen LogP contribution in [0.1, 0.15) is 23.0 Å². The molecule has 1 aromatic heterocycles. The molecule has 0 radical (unpaired) electrons. The van der Waals surface area contributed by atoms with Gasteiger partial charge in [0.05, 0.1) is 29.1 Å². The Morgan fingerprint density at radius 2 is 1.90 bits per heavy atom. The number of rotatable bonds is 6. The molecule has 1 heterocycles. The minimum atomic E-state index is -1.21. The van der Waals surface area contributed by atoms with Gasteiger partial charge in [0.2, 0.25) is 5.91 Å². The highest BCUT2D eigenvalue weighted by Crippen LogP contribution is 2.35. The predicted octanol–water partition coefficient (Wildman–Crippen LogP) is 5.12. The molecule has 0 unspecified atom stereocenters. The number of para-hydroxylation sites is 2. The van der Waals surface area contributed by atoms with Gasteiger partial charge in [0.25, 0.3) is 0 Å². The molecule has 0 saturated carbocycles. The van der Waals surface area contributed by atoms with Crippen LogP contribution in [0.25, 0.3) is 0 Å². The van der Waals surface area contributed by atoms with Gasteiger partial charge in [-0.25, -0.2) is 18.6 Å². The number of carbonyl (C=O) groups excluding carboxylic acids is 2. The van der Waals surface area contributed by atoms with E-state index in [-0.39, 0.29) is 23.1 Å². The van der Waals surface area contributed by atoms with Crippen molar-refractivity contribution in [3.63, 3.8) is 0 Å². The van der Waals surface area contributed by atoms with Crippen LogP contribution in [0.2, 0.25) is 5.02 Å². The van der Waals surface area contributed by atoms with Crippen molar-refractivity contribution in [2.24, 2.45) is 0 Å². The molecule has 10 heteroatoms. The molecule has 156 valence electrons. The van der Waals surface area contributed by atoms with E-state index in [0.717, 1.165) is 0 Å². The van der Waals surface area contributed by atoms with E-state index in [1.807, 2.05) is 0 Å². The average molecular weight is 453 g/mol. The summed E-state index contributed by atoms with van der Waals surface area (Å²) in [5.41, 5.74) is 0.576. The lowest BCUT2D eigenvalue weighted by Crippen LogP contribution is -2.23. The summed E-state index contributed by atoms with van der Waals surface area (Å²) in [6, 6.07) is 8.34. The molecule has 0 fully saturated rings. The molecular formula is C20H15ClF2N2O4S. The van der Waals surface area contributed by atoms with Crippen LogP contribution in [0.3, 0.4) is 0 Å². The summed E-state index contributed by atoms with van der Waals surface area (Å²) in [7, 11) is 1.49. The lowest BCUT2D eigenvalue weighted by atomic mass is 10.2.